The number of aliphatic imine (C=N–C) groups is 1. The van der Waals surface area contributed by atoms with E-state index >= 15 is 0 Å². The molecule has 0 unspecified atom stereocenters. The quantitative estimate of drug-likeness (QED) is 0.289. The van der Waals surface area contributed by atoms with E-state index in [1.54, 1.807) is 12.1 Å². The monoisotopic (exact) mass is 412 g/mol. The Hall–Kier alpha value is -2.67. The molecule has 1 amide bonds. The lowest BCUT2D eigenvalue weighted by atomic mass is 10.2. The number of carbonyl (C=O) groups excluding carboxylic acids is 1. The number of thioether (sulfide) groups is 1. The van der Waals surface area contributed by atoms with Gasteiger partial charge in [-0.3, -0.25) is 9.79 Å². The molecule has 3 rings (SSSR count). The summed E-state index contributed by atoms with van der Waals surface area (Å²) in [6.07, 6.45) is 2.36. The van der Waals surface area contributed by atoms with Crippen molar-refractivity contribution < 1.29 is 9.90 Å². The summed E-state index contributed by atoms with van der Waals surface area (Å²) in [4.78, 5) is 18.1. The number of hydrogen-bond acceptors (Lipinski definition) is 4. The van der Waals surface area contributed by atoms with Crippen LogP contribution in [0.5, 0.6) is 5.75 Å². The molecule has 0 aromatic heterocycles. The van der Waals surface area contributed by atoms with Gasteiger partial charge in [0.15, 0.2) is 5.96 Å². The molecule has 1 aliphatic rings. The zero-order chi connectivity index (χ0) is 20.5. The number of phenolic OH excluding ortho intramolecular Hbond substituents is 1. The lowest BCUT2D eigenvalue weighted by molar-refractivity contribution is 0.0954. The van der Waals surface area contributed by atoms with E-state index < -0.39 is 0 Å². The predicted octanol–water partition coefficient (Wildman–Crippen LogP) is 3.00. The van der Waals surface area contributed by atoms with E-state index in [1.165, 1.54) is 29.9 Å². The van der Waals surface area contributed by atoms with Crippen molar-refractivity contribution in [1.82, 2.24) is 16.0 Å². The maximum atomic E-state index is 12.1. The number of benzene rings is 2. The van der Waals surface area contributed by atoms with E-state index in [-0.39, 0.29) is 16.4 Å². The summed E-state index contributed by atoms with van der Waals surface area (Å²) < 4.78 is 0.205. The second kappa shape index (κ2) is 10.2. The summed E-state index contributed by atoms with van der Waals surface area (Å²) in [5.74, 6) is 0.754. The van der Waals surface area contributed by atoms with E-state index in [4.69, 9.17) is 4.99 Å². The van der Waals surface area contributed by atoms with Crippen LogP contribution in [0.3, 0.4) is 0 Å². The second-order valence-electron chi connectivity index (χ2n) is 7.02. The van der Waals surface area contributed by atoms with Gasteiger partial charge in [0.25, 0.3) is 5.91 Å². The van der Waals surface area contributed by atoms with Crippen molar-refractivity contribution in [3.8, 4) is 5.75 Å². The van der Waals surface area contributed by atoms with Gasteiger partial charge >= 0.3 is 0 Å². The van der Waals surface area contributed by atoms with Crippen LogP contribution in [0.25, 0.3) is 0 Å². The van der Waals surface area contributed by atoms with Gasteiger partial charge in [-0.2, -0.15) is 0 Å². The van der Waals surface area contributed by atoms with E-state index in [9.17, 15) is 9.90 Å². The van der Waals surface area contributed by atoms with Gasteiger partial charge in [0, 0.05) is 34.8 Å². The van der Waals surface area contributed by atoms with Crippen molar-refractivity contribution in [1.29, 1.82) is 0 Å². The first-order valence-corrected chi connectivity index (χ1v) is 10.8. The number of rotatable bonds is 9. The summed E-state index contributed by atoms with van der Waals surface area (Å²) in [7, 11) is 0. The first-order valence-electron chi connectivity index (χ1n) is 9.94. The van der Waals surface area contributed by atoms with Gasteiger partial charge in [0.05, 0.1) is 6.54 Å². The third-order valence-electron chi connectivity index (χ3n) is 4.59. The van der Waals surface area contributed by atoms with Crippen LogP contribution in [0.4, 0.5) is 0 Å². The Morgan fingerprint density at radius 1 is 1.03 bits per heavy atom. The molecule has 2 aromatic rings. The number of hydrogen-bond donors (Lipinski definition) is 4. The van der Waals surface area contributed by atoms with Crippen LogP contribution in [-0.4, -0.2) is 47.9 Å². The van der Waals surface area contributed by atoms with Crippen LogP contribution in [-0.2, 0) is 0 Å². The van der Waals surface area contributed by atoms with Gasteiger partial charge in [-0.1, -0.05) is 18.2 Å². The molecular formula is C22H28N4O2S. The molecule has 1 aliphatic carbocycles. The molecule has 0 spiro atoms. The molecule has 29 heavy (non-hydrogen) atoms. The molecule has 0 saturated heterocycles. The van der Waals surface area contributed by atoms with Gasteiger partial charge in [0.2, 0.25) is 0 Å². The third-order valence-corrected chi connectivity index (χ3v) is 6.07. The first-order chi connectivity index (χ1) is 14.1. The van der Waals surface area contributed by atoms with Crippen molar-refractivity contribution in [3.63, 3.8) is 0 Å². The van der Waals surface area contributed by atoms with Crippen LogP contribution in [0, 0.1) is 0 Å². The Morgan fingerprint density at radius 3 is 2.38 bits per heavy atom. The van der Waals surface area contributed by atoms with Crippen molar-refractivity contribution in [3.05, 3.63) is 60.2 Å². The molecule has 4 N–H and O–H groups in total. The van der Waals surface area contributed by atoms with Crippen molar-refractivity contribution in [2.45, 2.75) is 29.4 Å². The Kier molecular flexibility index (Phi) is 7.41. The summed E-state index contributed by atoms with van der Waals surface area (Å²) in [6, 6.07) is 16.7. The Morgan fingerprint density at radius 2 is 1.72 bits per heavy atom. The maximum Gasteiger partial charge on any atom is 0.251 e. The summed E-state index contributed by atoms with van der Waals surface area (Å²) >= 11 is 1.91. The zero-order valence-electron chi connectivity index (χ0n) is 16.6. The number of aromatic hydroxyl groups is 1. The van der Waals surface area contributed by atoms with Gasteiger partial charge < -0.3 is 21.1 Å². The highest BCUT2D eigenvalue weighted by molar-refractivity contribution is 8.01. The molecule has 0 heterocycles. The number of carbonyl (C=O) groups is 1. The fraction of sp³-hybridized carbons (Fsp3) is 0.364. The van der Waals surface area contributed by atoms with Crippen molar-refractivity contribution in [2.75, 3.05) is 26.2 Å². The van der Waals surface area contributed by atoms with Crippen LogP contribution >= 0.6 is 11.8 Å². The molecule has 2 aromatic carbocycles. The standard InChI is InChI=1S/C22H28N4O2S/c1-2-23-21(25-15-14-24-20(28)17-8-10-18(27)11-9-17)26-16-22(12-13-22)29-19-6-4-3-5-7-19/h3-11,27H,2,12-16H2,1H3,(H,24,28)(H2,23,25,26). The van der Waals surface area contributed by atoms with Gasteiger partial charge in [-0.15, -0.1) is 11.8 Å². The van der Waals surface area contributed by atoms with E-state index in [1.807, 2.05) is 24.8 Å². The fourth-order valence-corrected chi connectivity index (χ4v) is 4.04. The van der Waals surface area contributed by atoms with Crippen LogP contribution in [0.15, 0.2) is 64.5 Å². The van der Waals surface area contributed by atoms with Gasteiger partial charge in [-0.25, -0.2) is 0 Å². The van der Waals surface area contributed by atoms with Crippen LogP contribution in [0.1, 0.15) is 30.1 Å². The highest BCUT2D eigenvalue weighted by Crippen LogP contribution is 2.51. The number of nitrogens with zero attached hydrogens (tertiary/aromatic N) is 1. The smallest absolute Gasteiger partial charge is 0.251 e. The Labute approximate surface area is 176 Å². The largest absolute Gasteiger partial charge is 0.508 e. The molecule has 0 radical (unpaired) electrons. The Balaban J connectivity index is 1.44. The van der Waals surface area contributed by atoms with E-state index in [2.05, 4.69) is 40.2 Å². The Bertz CT molecular complexity index is 820. The minimum Gasteiger partial charge on any atom is -0.508 e. The predicted molar refractivity (Wildman–Crippen MR) is 119 cm³/mol. The zero-order valence-corrected chi connectivity index (χ0v) is 17.5. The van der Waals surface area contributed by atoms with Gasteiger partial charge in [0.1, 0.15) is 5.75 Å². The lowest BCUT2D eigenvalue weighted by Crippen LogP contribution is -2.42. The number of amides is 1. The van der Waals surface area contributed by atoms with Crippen LogP contribution in [0.2, 0.25) is 0 Å². The van der Waals surface area contributed by atoms with Crippen molar-refractivity contribution >= 4 is 23.6 Å². The number of phenols is 1. The van der Waals surface area contributed by atoms with Gasteiger partial charge in [-0.05, 0) is 56.2 Å². The first kappa shape index (κ1) is 21.0. The van der Waals surface area contributed by atoms with Crippen LogP contribution < -0.4 is 16.0 Å². The molecule has 0 bridgehead atoms. The average molecular weight is 413 g/mol. The maximum absolute atomic E-state index is 12.1. The molecule has 1 saturated carbocycles. The average Bonchev–Trinajstić information content (AvgIpc) is 3.50. The SMILES string of the molecule is CCNC(=NCC1(Sc2ccccc2)CC1)NCCNC(=O)c1ccc(O)cc1. The van der Waals surface area contributed by atoms with E-state index in [0.717, 1.165) is 19.0 Å². The highest BCUT2D eigenvalue weighted by Gasteiger charge is 2.43. The minimum atomic E-state index is -0.162. The normalized spacial score (nSPS) is 14.9. The molecule has 0 aliphatic heterocycles. The molecular weight excluding hydrogens is 384 g/mol. The summed E-state index contributed by atoms with van der Waals surface area (Å²) in [5, 5.41) is 18.7. The molecule has 6 nitrogen and oxygen atoms in total. The minimum absolute atomic E-state index is 0.147. The molecule has 1 fully saturated rings. The second-order valence-corrected chi connectivity index (χ2v) is 8.56. The van der Waals surface area contributed by atoms with Crippen molar-refractivity contribution in [2.24, 2.45) is 4.99 Å². The highest BCUT2D eigenvalue weighted by atomic mass is 32.2. The molecule has 154 valence electrons. The third kappa shape index (κ3) is 6.71. The van der Waals surface area contributed by atoms with E-state index in [0.29, 0.717) is 18.7 Å². The summed E-state index contributed by atoms with van der Waals surface area (Å²) in [6.45, 7) is 4.64. The molecule has 0 atom stereocenters. The fourth-order valence-electron chi connectivity index (χ4n) is 2.81. The number of nitrogens with one attached hydrogen (secondary N) is 3. The lowest BCUT2D eigenvalue weighted by Gasteiger charge is -2.15. The number of guanidine groups is 1. The summed E-state index contributed by atoms with van der Waals surface area (Å²) in [5.41, 5.74) is 0.525. The molecule has 7 heteroatoms. The topological polar surface area (TPSA) is 85.8 Å².